The lowest BCUT2D eigenvalue weighted by atomic mass is 10.1. The number of rotatable bonds is 3. The maximum absolute atomic E-state index is 6.38. The van der Waals surface area contributed by atoms with Crippen molar-refractivity contribution < 1.29 is 0 Å². The summed E-state index contributed by atoms with van der Waals surface area (Å²) in [6, 6.07) is 11.4. The third kappa shape index (κ3) is 3.25. The number of aromatic nitrogens is 2. The van der Waals surface area contributed by atoms with Gasteiger partial charge in [0.2, 0.25) is 5.96 Å². The summed E-state index contributed by atoms with van der Waals surface area (Å²) < 4.78 is 0. The lowest BCUT2D eigenvalue weighted by molar-refractivity contribution is 1.04. The Morgan fingerprint density at radius 2 is 2.04 bits per heavy atom. The molecule has 4 rings (SSSR count). The Kier molecular flexibility index (Phi) is 4.52. The predicted octanol–water partition coefficient (Wildman–Crippen LogP) is 3.56. The third-order valence-electron chi connectivity index (χ3n) is 4.03. The van der Waals surface area contributed by atoms with E-state index in [1.807, 2.05) is 30.3 Å². The number of benzene rings is 2. The average molecular weight is 405 g/mol. The number of fused-ring (bicyclic) bond motifs is 2. The average Bonchev–Trinajstić information content (AvgIpc) is 3.14. The van der Waals surface area contributed by atoms with Gasteiger partial charge in [0, 0.05) is 15.6 Å². The molecule has 132 valence electrons. The molecule has 1 heterocycles. The first-order chi connectivity index (χ1) is 12.5. The number of hydrogen-bond donors (Lipinski definition) is 3. The van der Waals surface area contributed by atoms with Crippen LogP contribution in [0.4, 0.5) is 0 Å². The molecule has 6 nitrogen and oxygen atoms in total. The predicted molar refractivity (Wildman–Crippen MR) is 108 cm³/mol. The number of para-hydroxylation sites is 2. The van der Waals surface area contributed by atoms with Crippen LogP contribution in [0.1, 0.15) is 11.1 Å². The lowest BCUT2D eigenvalue weighted by Crippen LogP contribution is -2.22. The molecule has 0 spiro atoms. The SMILES string of the molecule is NC(N)=N/N=C1\c2cc(Cl)cc(Cl)c2CC1Sc1nc2ccccc2[nH]1. The largest absolute Gasteiger partial charge is 0.369 e. The van der Waals surface area contributed by atoms with Crippen molar-refractivity contribution in [1.29, 1.82) is 0 Å². The first kappa shape index (κ1) is 17.2. The van der Waals surface area contributed by atoms with Gasteiger partial charge in [-0.2, -0.15) is 5.10 Å². The molecule has 26 heavy (non-hydrogen) atoms. The summed E-state index contributed by atoms with van der Waals surface area (Å²) in [6.07, 6.45) is 0.686. The molecular weight excluding hydrogens is 391 g/mol. The molecule has 2 aromatic carbocycles. The van der Waals surface area contributed by atoms with Gasteiger partial charge in [-0.3, -0.25) is 0 Å². The molecule has 0 bridgehead atoms. The molecule has 0 amide bonds. The van der Waals surface area contributed by atoms with Crippen molar-refractivity contribution >= 4 is 57.7 Å². The Balaban J connectivity index is 1.73. The van der Waals surface area contributed by atoms with Crippen molar-refractivity contribution in [2.24, 2.45) is 21.7 Å². The molecule has 0 saturated carbocycles. The van der Waals surface area contributed by atoms with Crippen LogP contribution in [0, 0.1) is 0 Å². The topological polar surface area (TPSA) is 105 Å². The minimum absolute atomic E-state index is 0.0374. The van der Waals surface area contributed by atoms with Gasteiger partial charge >= 0.3 is 0 Å². The summed E-state index contributed by atoms with van der Waals surface area (Å²) in [5.74, 6) is -0.105. The Bertz CT molecular complexity index is 1020. The van der Waals surface area contributed by atoms with Crippen molar-refractivity contribution in [2.45, 2.75) is 16.8 Å². The molecule has 0 radical (unpaired) electrons. The monoisotopic (exact) mass is 404 g/mol. The number of halogens is 2. The minimum atomic E-state index is -0.105. The maximum Gasteiger partial charge on any atom is 0.211 e. The van der Waals surface area contributed by atoms with E-state index >= 15 is 0 Å². The molecule has 9 heteroatoms. The third-order valence-corrected chi connectivity index (χ3v) is 5.67. The first-order valence-electron chi connectivity index (χ1n) is 7.77. The first-order valence-corrected chi connectivity index (χ1v) is 9.41. The molecule has 0 aliphatic heterocycles. The number of nitrogens with two attached hydrogens (primary N) is 2. The molecule has 0 fully saturated rings. The van der Waals surface area contributed by atoms with Gasteiger partial charge in [0.15, 0.2) is 5.16 Å². The van der Waals surface area contributed by atoms with Gasteiger partial charge < -0.3 is 16.5 Å². The number of nitrogens with one attached hydrogen (secondary N) is 1. The van der Waals surface area contributed by atoms with Crippen molar-refractivity contribution in [3.8, 4) is 0 Å². The van der Waals surface area contributed by atoms with Crippen LogP contribution in [0.15, 0.2) is 51.8 Å². The second-order valence-corrected chi connectivity index (χ2v) is 7.83. The van der Waals surface area contributed by atoms with Crippen LogP contribution in [0.3, 0.4) is 0 Å². The fourth-order valence-corrected chi connectivity index (χ4v) is 4.64. The summed E-state index contributed by atoms with van der Waals surface area (Å²) in [4.78, 5) is 7.93. The highest BCUT2D eigenvalue weighted by Gasteiger charge is 2.32. The van der Waals surface area contributed by atoms with Gasteiger partial charge in [-0.05, 0) is 36.2 Å². The molecule has 1 unspecified atom stereocenters. The van der Waals surface area contributed by atoms with Crippen molar-refractivity contribution in [3.63, 3.8) is 0 Å². The van der Waals surface area contributed by atoms with E-state index in [0.29, 0.717) is 16.5 Å². The maximum atomic E-state index is 6.38. The van der Waals surface area contributed by atoms with E-state index in [-0.39, 0.29) is 11.2 Å². The zero-order chi connectivity index (χ0) is 18.3. The molecule has 3 aromatic rings. The Hall–Kier alpha value is -2.22. The molecule has 1 aliphatic carbocycles. The van der Waals surface area contributed by atoms with Crippen molar-refractivity contribution in [1.82, 2.24) is 9.97 Å². The molecule has 1 aliphatic rings. The minimum Gasteiger partial charge on any atom is -0.369 e. The highest BCUT2D eigenvalue weighted by molar-refractivity contribution is 8.00. The number of H-pyrrole nitrogens is 1. The fraction of sp³-hybridized carbons (Fsp3) is 0.118. The van der Waals surface area contributed by atoms with Gasteiger partial charge in [-0.25, -0.2) is 4.98 Å². The molecule has 1 aromatic heterocycles. The van der Waals surface area contributed by atoms with Crippen LogP contribution in [0.2, 0.25) is 10.0 Å². The van der Waals surface area contributed by atoms with Crippen LogP contribution in [0.5, 0.6) is 0 Å². The lowest BCUT2D eigenvalue weighted by Gasteiger charge is -2.07. The van der Waals surface area contributed by atoms with Crippen LogP contribution < -0.4 is 11.5 Å². The van der Waals surface area contributed by atoms with Gasteiger partial charge in [0.25, 0.3) is 0 Å². The van der Waals surface area contributed by atoms with Crippen molar-refractivity contribution in [2.75, 3.05) is 0 Å². The summed E-state index contributed by atoms with van der Waals surface area (Å²) in [7, 11) is 0. The second kappa shape index (κ2) is 6.83. The van der Waals surface area contributed by atoms with E-state index in [4.69, 9.17) is 34.7 Å². The number of guanidine groups is 1. The van der Waals surface area contributed by atoms with E-state index in [9.17, 15) is 0 Å². The zero-order valence-corrected chi connectivity index (χ0v) is 15.7. The highest BCUT2D eigenvalue weighted by Crippen LogP contribution is 2.39. The van der Waals surface area contributed by atoms with Crippen LogP contribution >= 0.6 is 35.0 Å². The molecule has 0 saturated heterocycles. The smallest absolute Gasteiger partial charge is 0.211 e. The van der Waals surface area contributed by atoms with E-state index in [2.05, 4.69) is 20.2 Å². The Labute approximate surface area is 163 Å². The number of imidazole rings is 1. The number of thioether (sulfide) groups is 1. The highest BCUT2D eigenvalue weighted by atomic mass is 35.5. The summed E-state index contributed by atoms with van der Waals surface area (Å²) in [6.45, 7) is 0. The Morgan fingerprint density at radius 3 is 2.81 bits per heavy atom. The Morgan fingerprint density at radius 1 is 1.23 bits per heavy atom. The van der Waals surface area contributed by atoms with Crippen molar-refractivity contribution in [3.05, 3.63) is 57.6 Å². The van der Waals surface area contributed by atoms with E-state index in [0.717, 1.165) is 33.0 Å². The summed E-state index contributed by atoms with van der Waals surface area (Å²) in [5, 5.41) is 9.99. The van der Waals surface area contributed by atoms with Gasteiger partial charge in [-0.15, -0.1) is 5.10 Å². The quantitative estimate of drug-likeness (QED) is 0.352. The van der Waals surface area contributed by atoms with Crippen LogP contribution in [-0.2, 0) is 6.42 Å². The molecular formula is C17H14Cl2N6S. The second-order valence-electron chi connectivity index (χ2n) is 5.79. The summed E-state index contributed by atoms with van der Waals surface area (Å²) >= 11 is 14.1. The van der Waals surface area contributed by atoms with Gasteiger partial charge in [-0.1, -0.05) is 47.1 Å². The number of aromatic amines is 1. The fourth-order valence-electron chi connectivity index (χ4n) is 2.94. The summed E-state index contributed by atoms with van der Waals surface area (Å²) in [5.41, 5.74) is 15.3. The molecule has 1 atom stereocenters. The van der Waals surface area contributed by atoms with Gasteiger partial charge in [0.1, 0.15) is 0 Å². The zero-order valence-electron chi connectivity index (χ0n) is 13.4. The van der Waals surface area contributed by atoms with Gasteiger partial charge in [0.05, 0.1) is 22.0 Å². The van der Waals surface area contributed by atoms with Crippen LogP contribution in [0.25, 0.3) is 11.0 Å². The molecule has 5 N–H and O–H groups in total. The number of nitrogens with zero attached hydrogens (tertiary/aromatic N) is 3. The van der Waals surface area contributed by atoms with Crippen LogP contribution in [-0.4, -0.2) is 26.9 Å². The van der Waals surface area contributed by atoms with E-state index in [1.165, 1.54) is 0 Å². The van der Waals surface area contributed by atoms with E-state index in [1.54, 1.807) is 17.8 Å². The standard InChI is InChI=1S/C17H14Cl2N6S/c18-8-5-10-9(11(19)6-8)7-14(15(10)24-25-16(20)21)26-17-22-12-3-1-2-4-13(12)23-17/h1-6,14H,7H2,(H,22,23)(H4,20,21,25)/b24-15+. The van der Waals surface area contributed by atoms with E-state index < -0.39 is 0 Å². The normalized spacial score (nSPS) is 17.6. The number of hydrogen-bond acceptors (Lipinski definition) is 4.